The molecular formula is C17H18N2O7S. The molecule has 0 saturated heterocycles. The monoisotopic (exact) mass is 394 g/mol. The second-order valence-electron chi connectivity index (χ2n) is 5.05. The van der Waals surface area contributed by atoms with Gasteiger partial charge in [0.05, 0.1) is 18.1 Å². The van der Waals surface area contributed by atoms with Gasteiger partial charge in [0.1, 0.15) is 4.88 Å². The molecule has 0 saturated carbocycles. The maximum Gasteiger partial charge on any atom is 0.349 e. The molecule has 1 heterocycles. The van der Waals surface area contributed by atoms with Gasteiger partial charge in [0, 0.05) is 17.8 Å². The van der Waals surface area contributed by atoms with Gasteiger partial charge < -0.3 is 19.5 Å². The van der Waals surface area contributed by atoms with Crippen LogP contribution in [0.3, 0.4) is 0 Å². The van der Waals surface area contributed by atoms with Crippen molar-refractivity contribution < 1.29 is 28.7 Å². The number of anilines is 1. The SMILES string of the molecule is CCOc1ccc(NC(=O)COC(=O)c2ccc([N+](=O)[O-])s2)cc1OCC. The number of thiophene rings is 1. The van der Waals surface area contributed by atoms with Crippen molar-refractivity contribution in [3.8, 4) is 11.5 Å². The lowest BCUT2D eigenvalue weighted by molar-refractivity contribution is -0.380. The van der Waals surface area contributed by atoms with Gasteiger partial charge >= 0.3 is 11.0 Å². The van der Waals surface area contributed by atoms with Gasteiger partial charge in [-0.2, -0.15) is 0 Å². The number of benzene rings is 1. The van der Waals surface area contributed by atoms with Crippen LogP contribution < -0.4 is 14.8 Å². The van der Waals surface area contributed by atoms with E-state index >= 15 is 0 Å². The number of hydrogen-bond acceptors (Lipinski definition) is 8. The lowest BCUT2D eigenvalue weighted by atomic mass is 10.2. The highest BCUT2D eigenvalue weighted by molar-refractivity contribution is 7.17. The van der Waals surface area contributed by atoms with E-state index < -0.39 is 23.4 Å². The van der Waals surface area contributed by atoms with Crippen LogP contribution in [0.25, 0.3) is 0 Å². The predicted molar refractivity (Wildman–Crippen MR) is 98.7 cm³/mol. The fraction of sp³-hybridized carbons (Fsp3) is 0.294. The topological polar surface area (TPSA) is 117 Å². The smallest absolute Gasteiger partial charge is 0.349 e. The molecular weight excluding hydrogens is 376 g/mol. The first kappa shape index (κ1) is 20.2. The van der Waals surface area contributed by atoms with Gasteiger partial charge in [0.2, 0.25) is 0 Å². The predicted octanol–water partition coefficient (Wildman–Crippen LogP) is 3.25. The van der Waals surface area contributed by atoms with Crippen molar-refractivity contribution in [2.45, 2.75) is 13.8 Å². The molecule has 0 aliphatic carbocycles. The Morgan fingerprint density at radius 2 is 1.81 bits per heavy atom. The van der Waals surface area contributed by atoms with Crippen molar-refractivity contribution in [3.05, 3.63) is 45.3 Å². The molecule has 0 fully saturated rings. The highest BCUT2D eigenvalue weighted by atomic mass is 32.1. The van der Waals surface area contributed by atoms with Gasteiger partial charge in [-0.15, -0.1) is 0 Å². The maximum atomic E-state index is 12.0. The molecule has 144 valence electrons. The molecule has 9 nitrogen and oxygen atoms in total. The Kier molecular flexibility index (Phi) is 7.12. The van der Waals surface area contributed by atoms with Crippen LogP contribution in [0.5, 0.6) is 11.5 Å². The third-order valence-corrected chi connectivity index (χ3v) is 4.15. The van der Waals surface area contributed by atoms with Crippen molar-refractivity contribution in [1.29, 1.82) is 0 Å². The lowest BCUT2D eigenvalue weighted by Crippen LogP contribution is -2.20. The fourth-order valence-electron chi connectivity index (χ4n) is 2.06. The molecule has 2 rings (SSSR count). The highest BCUT2D eigenvalue weighted by Crippen LogP contribution is 2.30. The van der Waals surface area contributed by atoms with Crippen molar-refractivity contribution in [1.82, 2.24) is 0 Å². The summed E-state index contributed by atoms with van der Waals surface area (Å²) in [6, 6.07) is 7.40. The molecule has 0 radical (unpaired) electrons. The first-order valence-corrected chi connectivity index (χ1v) is 8.87. The molecule has 2 aromatic rings. The summed E-state index contributed by atoms with van der Waals surface area (Å²) in [5.74, 6) is -0.311. The first-order chi connectivity index (χ1) is 12.9. The fourth-order valence-corrected chi connectivity index (χ4v) is 2.78. The van der Waals surface area contributed by atoms with E-state index in [0.29, 0.717) is 41.7 Å². The zero-order valence-electron chi connectivity index (χ0n) is 14.7. The second-order valence-corrected chi connectivity index (χ2v) is 6.11. The van der Waals surface area contributed by atoms with E-state index in [4.69, 9.17) is 14.2 Å². The molecule has 1 N–H and O–H groups in total. The number of nitro groups is 1. The minimum Gasteiger partial charge on any atom is -0.490 e. The van der Waals surface area contributed by atoms with E-state index in [-0.39, 0.29) is 9.88 Å². The van der Waals surface area contributed by atoms with Crippen molar-refractivity contribution in [2.75, 3.05) is 25.1 Å². The summed E-state index contributed by atoms with van der Waals surface area (Å²) in [7, 11) is 0. The van der Waals surface area contributed by atoms with Gasteiger partial charge in [0.25, 0.3) is 5.91 Å². The van der Waals surface area contributed by atoms with Crippen LogP contribution in [0.4, 0.5) is 10.7 Å². The summed E-state index contributed by atoms with van der Waals surface area (Å²) in [5, 5.41) is 13.0. The van der Waals surface area contributed by atoms with Crippen molar-refractivity contribution >= 4 is 33.9 Å². The Balaban J connectivity index is 1.93. The second kappa shape index (κ2) is 9.53. The number of ether oxygens (including phenoxy) is 3. The Morgan fingerprint density at radius 1 is 1.11 bits per heavy atom. The normalized spacial score (nSPS) is 10.1. The number of carbonyl (C=O) groups is 2. The number of esters is 1. The summed E-state index contributed by atoms with van der Waals surface area (Å²) in [5.41, 5.74) is 0.453. The van der Waals surface area contributed by atoms with Crippen LogP contribution in [-0.4, -0.2) is 36.6 Å². The van der Waals surface area contributed by atoms with E-state index in [9.17, 15) is 19.7 Å². The Hall–Kier alpha value is -3.14. The van der Waals surface area contributed by atoms with Gasteiger partial charge in [-0.25, -0.2) is 4.79 Å². The molecule has 27 heavy (non-hydrogen) atoms. The molecule has 0 aliphatic heterocycles. The zero-order chi connectivity index (χ0) is 19.8. The first-order valence-electron chi connectivity index (χ1n) is 8.05. The number of nitrogens with one attached hydrogen (secondary N) is 1. The summed E-state index contributed by atoms with van der Waals surface area (Å²) in [6.45, 7) is 4.06. The third-order valence-electron chi connectivity index (χ3n) is 3.13. The third kappa shape index (κ3) is 5.68. The Bertz CT molecular complexity index is 834. The van der Waals surface area contributed by atoms with Crippen LogP contribution in [-0.2, 0) is 9.53 Å². The largest absolute Gasteiger partial charge is 0.490 e. The van der Waals surface area contributed by atoms with E-state index in [0.717, 1.165) is 0 Å². The van der Waals surface area contributed by atoms with Crippen LogP contribution in [0.1, 0.15) is 23.5 Å². The minimum atomic E-state index is -0.801. The molecule has 0 unspecified atom stereocenters. The maximum absolute atomic E-state index is 12.0. The van der Waals surface area contributed by atoms with Crippen molar-refractivity contribution in [3.63, 3.8) is 0 Å². The highest BCUT2D eigenvalue weighted by Gasteiger charge is 2.17. The number of carbonyl (C=O) groups excluding carboxylic acids is 2. The summed E-state index contributed by atoms with van der Waals surface area (Å²) in [4.78, 5) is 33.9. The molecule has 1 aromatic carbocycles. The van der Waals surface area contributed by atoms with E-state index in [1.165, 1.54) is 12.1 Å². The van der Waals surface area contributed by atoms with E-state index in [1.54, 1.807) is 18.2 Å². The molecule has 0 spiro atoms. The Morgan fingerprint density at radius 3 is 2.44 bits per heavy atom. The number of hydrogen-bond donors (Lipinski definition) is 1. The van der Waals surface area contributed by atoms with Gasteiger partial charge in [-0.3, -0.25) is 14.9 Å². The lowest BCUT2D eigenvalue weighted by Gasteiger charge is -2.13. The number of rotatable bonds is 9. The quantitative estimate of drug-likeness (QED) is 0.394. The summed E-state index contributed by atoms with van der Waals surface area (Å²) in [6.07, 6.45) is 0. The van der Waals surface area contributed by atoms with Crippen LogP contribution >= 0.6 is 11.3 Å². The average molecular weight is 394 g/mol. The van der Waals surface area contributed by atoms with E-state index in [2.05, 4.69) is 5.32 Å². The number of nitrogens with zero attached hydrogens (tertiary/aromatic N) is 1. The minimum absolute atomic E-state index is 0.0502. The average Bonchev–Trinajstić information content (AvgIpc) is 3.13. The van der Waals surface area contributed by atoms with Crippen LogP contribution in [0.2, 0.25) is 0 Å². The molecule has 0 bridgehead atoms. The zero-order valence-corrected chi connectivity index (χ0v) is 15.5. The van der Waals surface area contributed by atoms with Gasteiger partial charge in [-0.1, -0.05) is 11.3 Å². The summed E-state index contributed by atoms with van der Waals surface area (Å²) < 4.78 is 15.8. The standard InChI is InChI=1S/C17H18N2O7S/c1-3-24-12-6-5-11(9-13(12)25-4-2)18-15(20)10-26-17(21)14-7-8-16(27-14)19(22)23/h5-9H,3-4,10H2,1-2H3,(H,18,20). The van der Waals surface area contributed by atoms with Gasteiger partial charge in [0.15, 0.2) is 18.1 Å². The van der Waals surface area contributed by atoms with Crippen molar-refractivity contribution in [2.24, 2.45) is 0 Å². The molecule has 1 aromatic heterocycles. The molecule has 10 heteroatoms. The van der Waals surface area contributed by atoms with Gasteiger partial charge in [-0.05, 0) is 32.0 Å². The van der Waals surface area contributed by atoms with Crippen LogP contribution in [0, 0.1) is 10.1 Å². The molecule has 0 aliphatic rings. The summed E-state index contributed by atoms with van der Waals surface area (Å²) >= 11 is 0.683. The molecule has 1 amide bonds. The van der Waals surface area contributed by atoms with E-state index in [1.807, 2.05) is 13.8 Å². The number of amides is 1. The molecule has 0 atom stereocenters. The Labute approximate surface area is 159 Å². The van der Waals surface area contributed by atoms with Crippen LogP contribution in [0.15, 0.2) is 30.3 Å².